The molecular weight excluding hydrogens is 468 g/mol. The number of benzene rings is 2. The van der Waals surface area contributed by atoms with Gasteiger partial charge in [-0.3, -0.25) is 9.59 Å². The zero-order valence-electron chi connectivity index (χ0n) is 19.7. The number of amides is 1. The maximum absolute atomic E-state index is 13.0. The second kappa shape index (κ2) is 10.4. The summed E-state index contributed by atoms with van der Waals surface area (Å²) < 4.78 is 32.8. The average molecular weight is 497 g/mol. The topological polar surface area (TPSA) is 121 Å². The molecule has 35 heavy (non-hydrogen) atoms. The highest BCUT2D eigenvalue weighted by atomic mass is 32.2. The number of aryl methyl sites for hydroxylation is 1. The van der Waals surface area contributed by atoms with E-state index < -0.39 is 10.0 Å². The fourth-order valence-corrected chi connectivity index (χ4v) is 5.56. The Balaban J connectivity index is 1.38. The Morgan fingerprint density at radius 1 is 1.14 bits per heavy atom. The summed E-state index contributed by atoms with van der Waals surface area (Å²) in [6.45, 7) is 4.65. The van der Waals surface area contributed by atoms with Crippen LogP contribution in [0.4, 0.5) is 5.69 Å². The van der Waals surface area contributed by atoms with Crippen LogP contribution in [0.25, 0.3) is 11.4 Å². The zero-order valence-corrected chi connectivity index (χ0v) is 20.5. The maximum Gasteiger partial charge on any atom is 0.251 e. The quantitative estimate of drug-likeness (QED) is 0.518. The lowest BCUT2D eigenvalue weighted by molar-refractivity contribution is -0.120. The van der Waals surface area contributed by atoms with Gasteiger partial charge in [-0.2, -0.15) is 4.31 Å². The Morgan fingerprint density at radius 2 is 1.86 bits per heavy atom. The molecular formula is C25H28N4O5S. The van der Waals surface area contributed by atoms with Gasteiger partial charge in [0, 0.05) is 42.0 Å². The SMILES string of the molecule is CCOc1ccc(S(=O)(=O)N2CCC(C(=O)Nc3cccc(-c4nc(C)cc(=O)[nH]4)c3)CC2)cc1. The Labute approximate surface area is 204 Å². The highest BCUT2D eigenvalue weighted by Crippen LogP contribution is 2.27. The second-order valence-electron chi connectivity index (χ2n) is 8.39. The molecule has 10 heteroatoms. The number of aromatic amines is 1. The van der Waals surface area contributed by atoms with Crippen LogP contribution < -0.4 is 15.6 Å². The molecule has 1 aliphatic heterocycles. The Kier molecular flexibility index (Phi) is 7.32. The van der Waals surface area contributed by atoms with Gasteiger partial charge in [0.05, 0.1) is 11.5 Å². The van der Waals surface area contributed by atoms with Crippen LogP contribution in [0.1, 0.15) is 25.5 Å². The summed E-state index contributed by atoms with van der Waals surface area (Å²) in [5.74, 6) is 0.586. The average Bonchev–Trinajstić information content (AvgIpc) is 2.84. The number of anilines is 1. The van der Waals surface area contributed by atoms with Crippen molar-refractivity contribution in [2.75, 3.05) is 25.0 Å². The summed E-state index contributed by atoms with van der Waals surface area (Å²) in [6, 6.07) is 14.9. The summed E-state index contributed by atoms with van der Waals surface area (Å²) in [5.41, 5.74) is 1.62. The van der Waals surface area contributed by atoms with E-state index in [0.717, 1.165) is 0 Å². The molecule has 0 aliphatic carbocycles. The van der Waals surface area contributed by atoms with Crippen molar-refractivity contribution >= 4 is 21.6 Å². The van der Waals surface area contributed by atoms with Gasteiger partial charge in [-0.05, 0) is 63.1 Å². The number of aromatic nitrogens is 2. The van der Waals surface area contributed by atoms with Crippen molar-refractivity contribution in [2.24, 2.45) is 5.92 Å². The van der Waals surface area contributed by atoms with E-state index in [4.69, 9.17) is 4.74 Å². The first-order valence-electron chi connectivity index (χ1n) is 11.5. The molecule has 184 valence electrons. The van der Waals surface area contributed by atoms with Gasteiger partial charge < -0.3 is 15.0 Å². The summed E-state index contributed by atoms with van der Waals surface area (Å²) in [7, 11) is -3.63. The molecule has 4 rings (SSSR count). The highest BCUT2D eigenvalue weighted by molar-refractivity contribution is 7.89. The minimum absolute atomic E-state index is 0.161. The van der Waals surface area contributed by atoms with E-state index in [9.17, 15) is 18.0 Å². The second-order valence-corrected chi connectivity index (χ2v) is 10.3. The van der Waals surface area contributed by atoms with Crippen molar-refractivity contribution in [1.82, 2.24) is 14.3 Å². The van der Waals surface area contributed by atoms with Gasteiger partial charge in [-0.15, -0.1) is 0 Å². The summed E-state index contributed by atoms with van der Waals surface area (Å²) in [4.78, 5) is 31.9. The number of sulfonamides is 1. The predicted molar refractivity (Wildman–Crippen MR) is 133 cm³/mol. The van der Waals surface area contributed by atoms with Crippen LogP contribution in [0.15, 0.2) is 64.3 Å². The van der Waals surface area contributed by atoms with Crippen molar-refractivity contribution in [1.29, 1.82) is 0 Å². The molecule has 0 bridgehead atoms. The molecule has 3 aromatic rings. The molecule has 1 amide bonds. The summed E-state index contributed by atoms with van der Waals surface area (Å²) in [6.07, 6.45) is 0.850. The Bertz CT molecular complexity index is 1360. The number of nitrogens with zero attached hydrogens (tertiary/aromatic N) is 2. The van der Waals surface area contributed by atoms with Gasteiger partial charge in [-0.25, -0.2) is 13.4 Å². The fourth-order valence-electron chi connectivity index (χ4n) is 4.09. The minimum Gasteiger partial charge on any atom is -0.494 e. The number of carbonyl (C=O) groups excluding carboxylic acids is 1. The Morgan fingerprint density at radius 3 is 2.51 bits per heavy atom. The summed E-state index contributed by atoms with van der Waals surface area (Å²) >= 11 is 0. The van der Waals surface area contributed by atoms with E-state index >= 15 is 0 Å². The van der Waals surface area contributed by atoms with Crippen LogP contribution >= 0.6 is 0 Å². The largest absolute Gasteiger partial charge is 0.494 e. The number of H-pyrrole nitrogens is 1. The number of rotatable bonds is 7. The van der Waals surface area contributed by atoms with Crippen molar-refractivity contribution in [3.63, 3.8) is 0 Å². The molecule has 0 spiro atoms. The first-order chi connectivity index (χ1) is 16.8. The van der Waals surface area contributed by atoms with Crippen LogP contribution in [0.2, 0.25) is 0 Å². The molecule has 2 aromatic carbocycles. The van der Waals surface area contributed by atoms with E-state index in [-0.39, 0.29) is 35.4 Å². The third-order valence-electron chi connectivity index (χ3n) is 5.87. The minimum atomic E-state index is -3.63. The van der Waals surface area contributed by atoms with Gasteiger partial charge in [0.2, 0.25) is 15.9 Å². The number of carbonyl (C=O) groups is 1. The predicted octanol–water partition coefficient (Wildman–Crippen LogP) is 3.18. The van der Waals surface area contributed by atoms with Crippen molar-refractivity contribution in [2.45, 2.75) is 31.6 Å². The van der Waals surface area contributed by atoms with Crippen LogP contribution in [0, 0.1) is 12.8 Å². The lowest BCUT2D eigenvalue weighted by Gasteiger charge is -2.30. The lowest BCUT2D eigenvalue weighted by atomic mass is 9.97. The van der Waals surface area contributed by atoms with Crippen LogP contribution in [-0.2, 0) is 14.8 Å². The maximum atomic E-state index is 13.0. The number of hydrogen-bond acceptors (Lipinski definition) is 6. The number of piperidine rings is 1. The van der Waals surface area contributed by atoms with Crippen molar-refractivity contribution in [3.8, 4) is 17.1 Å². The lowest BCUT2D eigenvalue weighted by Crippen LogP contribution is -2.41. The van der Waals surface area contributed by atoms with Gasteiger partial charge in [0.25, 0.3) is 5.56 Å². The van der Waals surface area contributed by atoms with Gasteiger partial charge in [0.15, 0.2) is 0 Å². The van der Waals surface area contributed by atoms with Crippen molar-refractivity contribution in [3.05, 3.63) is 70.6 Å². The third-order valence-corrected chi connectivity index (χ3v) is 7.78. The molecule has 2 N–H and O–H groups in total. The monoisotopic (exact) mass is 496 g/mol. The van der Waals surface area contributed by atoms with Crippen molar-refractivity contribution < 1.29 is 17.9 Å². The van der Waals surface area contributed by atoms with Crippen LogP contribution in [-0.4, -0.2) is 48.3 Å². The smallest absolute Gasteiger partial charge is 0.251 e. The number of ether oxygens (including phenoxy) is 1. The molecule has 9 nitrogen and oxygen atoms in total. The normalized spacial score (nSPS) is 15.0. The molecule has 0 radical (unpaired) electrons. The van der Waals surface area contributed by atoms with E-state index in [2.05, 4.69) is 15.3 Å². The van der Waals surface area contributed by atoms with E-state index in [1.165, 1.54) is 10.4 Å². The third kappa shape index (κ3) is 5.77. The molecule has 1 saturated heterocycles. The van der Waals surface area contributed by atoms with Gasteiger partial charge in [0.1, 0.15) is 11.6 Å². The Hall–Kier alpha value is -3.50. The summed E-state index contributed by atoms with van der Waals surface area (Å²) in [5, 5.41) is 2.91. The molecule has 0 atom stereocenters. The number of hydrogen-bond donors (Lipinski definition) is 2. The van der Waals surface area contributed by atoms with Gasteiger partial charge in [-0.1, -0.05) is 12.1 Å². The van der Waals surface area contributed by atoms with E-state index in [1.807, 2.05) is 6.92 Å². The first-order valence-corrected chi connectivity index (χ1v) is 12.9. The van der Waals surface area contributed by atoms with E-state index in [1.54, 1.807) is 55.5 Å². The fraction of sp³-hybridized carbons (Fsp3) is 0.320. The molecule has 1 fully saturated rings. The molecule has 0 unspecified atom stereocenters. The molecule has 2 heterocycles. The first kappa shape index (κ1) is 24.6. The molecule has 1 aliphatic rings. The number of nitrogens with one attached hydrogen (secondary N) is 2. The molecule has 0 saturated carbocycles. The highest BCUT2D eigenvalue weighted by Gasteiger charge is 2.32. The molecule has 1 aromatic heterocycles. The zero-order chi connectivity index (χ0) is 25.0. The van der Waals surface area contributed by atoms with Gasteiger partial charge >= 0.3 is 0 Å². The van der Waals surface area contributed by atoms with Crippen LogP contribution in [0.3, 0.4) is 0 Å². The standard InChI is InChI=1S/C25H28N4O5S/c1-3-34-21-7-9-22(10-8-21)35(32,33)29-13-11-18(12-14-29)25(31)27-20-6-4-5-19(16-20)24-26-17(2)15-23(30)28-24/h4-10,15-16,18H,3,11-14H2,1-2H3,(H,27,31)(H,26,28,30). The van der Waals surface area contributed by atoms with Crippen LogP contribution in [0.5, 0.6) is 5.75 Å². The van der Waals surface area contributed by atoms with E-state index in [0.29, 0.717) is 48.0 Å².